The van der Waals surface area contributed by atoms with Crippen molar-refractivity contribution >= 4 is 6.09 Å². The van der Waals surface area contributed by atoms with E-state index in [2.05, 4.69) is 16.5 Å². The first-order valence-electron chi connectivity index (χ1n) is 9.68. The summed E-state index contributed by atoms with van der Waals surface area (Å²) in [7, 11) is 3.83. The van der Waals surface area contributed by atoms with E-state index in [9.17, 15) is 4.79 Å². The minimum absolute atomic E-state index is 0.193. The molecule has 1 amide bonds. The molecule has 1 aromatic rings. The van der Waals surface area contributed by atoms with Gasteiger partial charge in [0.15, 0.2) is 0 Å². The predicted molar refractivity (Wildman–Crippen MR) is 99.7 cm³/mol. The van der Waals surface area contributed by atoms with E-state index in [4.69, 9.17) is 4.74 Å². The number of aromatic nitrogens is 2. The largest absolute Gasteiger partial charge is 0.450 e. The quantitative estimate of drug-likeness (QED) is 0.886. The van der Waals surface area contributed by atoms with Crippen molar-refractivity contribution in [2.75, 3.05) is 33.3 Å². The van der Waals surface area contributed by atoms with Gasteiger partial charge in [-0.15, -0.1) is 0 Å². The van der Waals surface area contributed by atoms with Gasteiger partial charge in [0.25, 0.3) is 0 Å². The molecule has 2 heterocycles. The van der Waals surface area contributed by atoms with Gasteiger partial charge in [-0.05, 0) is 51.3 Å². The normalized spacial score (nSPS) is 18.0. The lowest BCUT2D eigenvalue weighted by Gasteiger charge is -2.27. The summed E-state index contributed by atoms with van der Waals surface area (Å²) in [5.41, 5.74) is 1.39. The van der Waals surface area contributed by atoms with Gasteiger partial charge in [-0.2, -0.15) is 5.10 Å². The van der Waals surface area contributed by atoms with E-state index < -0.39 is 0 Å². The zero-order valence-electron chi connectivity index (χ0n) is 16.0. The van der Waals surface area contributed by atoms with E-state index in [-0.39, 0.29) is 6.09 Å². The molecule has 1 saturated carbocycles. The van der Waals surface area contributed by atoms with Gasteiger partial charge in [-0.1, -0.05) is 19.3 Å². The fourth-order valence-electron chi connectivity index (χ4n) is 3.38. The number of aryl methyl sites for hydroxylation is 1. The average Bonchev–Trinajstić information content (AvgIpc) is 3.01. The third-order valence-electron chi connectivity index (χ3n) is 5.29. The monoisotopic (exact) mass is 350 g/mol. The molecule has 2 aliphatic rings. The highest BCUT2D eigenvalue weighted by atomic mass is 16.5. The Balaban J connectivity index is 0.000000181. The molecule has 0 radical (unpaired) electrons. The van der Waals surface area contributed by atoms with Crippen LogP contribution in [-0.2, 0) is 11.8 Å². The van der Waals surface area contributed by atoms with Crippen molar-refractivity contribution in [3.63, 3.8) is 0 Å². The maximum atomic E-state index is 11.2. The first kappa shape index (κ1) is 19.8. The van der Waals surface area contributed by atoms with E-state index in [0.29, 0.717) is 6.61 Å². The Labute approximate surface area is 151 Å². The van der Waals surface area contributed by atoms with Gasteiger partial charge in [0.2, 0.25) is 0 Å². The Morgan fingerprint density at radius 3 is 2.60 bits per heavy atom. The topological polar surface area (TPSA) is 59.4 Å². The van der Waals surface area contributed by atoms with Crippen LogP contribution in [0.3, 0.4) is 0 Å². The number of ether oxygens (including phenoxy) is 1. The van der Waals surface area contributed by atoms with Crippen LogP contribution in [0.2, 0.25) is 0 Å². The van der Waals surface area contributed by atoms with Gasteiger partial charge in [0.05, 0.1) is 6.61 Å². The van der Waals surface area contributed by atoms with E-state index in [0.717, 1.165) is 37.9 Å². The predicted octanol–water partition coefficient (Wildman–Crippen LogP) is 3.15. The molecule has 2 fully saturated rings. The number of rotatable bonds is 5. The minimum atomic E-state index is -0.193. The van der Waals surface area contributed by atoms with Crippen LogP contribution in [0.5, 0.6) is 0 Å². The Kier molecular flexibility index (Phi) is 8.25. The number of piperidine rings is 1. The highest BCUT2D eigenvalue weighted by molar-refractivity contribution is 5.67. The number of nitrogens with one attached hydrogen (secondary N) is 1. The molecule has 6 heteroatoms. The standard InChI is InChI=1S/C10H19NO2.C9H15N3/c1-3-13-10(12)11(2)8-7-9-5-4-6-9;1-12-9(4-7-11-12)8-2-5-10-6-3-8/h9H,3-8H2,1-2H3;4,7-8,10H,2-3,5-6H2,1H3. The van der Waals surface area contributed by atoms with Crippen LogP contribution < -0.4 is 5.32 Å². The average molecular weight is 351 g/mol. The van der Waals surface area contributed by atoms with Gasteiger partial charge < -0.3 is 15.0 Å². The minimum Gasteiger partial charge on any atom is -0.450 e. The van der Waals surface area contributed by atoms with Crippen molar-refractivity contribution in [1.82, 2.24) is 20.0 Å². The molecule has 1 aliphatic carbocycles. The van der Waals surface area contributed by atoms with Crippen molar-refractivity contribution in [2.24, 2.45) is 13.0 Å². The fourth-order valence-corrected chi connectivity index (χ4v) is 3.38. The molecule has 6 nitrogen and oxygen atoms in total. The highest BCUT2D eigenvalue weighted by Gasteiger charge is 2.19. The zero-order valence-corrected chi connectivity index (χ0v) is 16.0. The summed E-state index contributed by atoms with van der Waals surface area (Å²) in [6.07, 6.45) is 9.38. The second kappa shape index (κ2) is 10.4. The summed E-state index contributed by atoms with van der Waals surface area (Å²) in [6, 6.07) is 2.13. The summed E-state index contributed by atoms with van der Waals surface area (Å²) in [5.74, 6) is 1.58. The number of hydrogen-bond donors (Lipinski definition) is 1. The maximum Gasteiger partial charge on any atom is 0.409 e. The summed E-state index contributed by atoms with van der Waals surface area (Å²) in [6.45, 7) is 5.43. The van der Waals surface area contributed by atoms with E-state index >= 15 is 0 Å². The molecule has 0 spiro atoms. The molecule has 0 aromatic carbocycles. The molecule has 1 saturated heterocycles. The van der Waals surface area contributed by atoms with Gasteiger partial charge in [0, 0.05) is 38.4 Å². The molecule has 1 aliphatic heterocycles. The lowest BCUT2D eigenvalue weighted by atomic mass is 9.83. The van der Waals surface area contributed by atoms with Crippen molar-refractivity contribution in [3.05, 3.63) is 18.0 Å². The number of hydrogen-bond acceptors (Lipinski definition) is 4. The van der Waals surface area contributed by atoms with Crippen LogP contribution in [0.25, 0.3) is 0 Å². The Morgan fingerprint density at radius 1 is 1.36 bits per heavy atom. The Bertz CT molecular complexity index is 507. The lowest BCUT2D eigenvalue weighted by molar-refractivity contribution is 0.112. The third-order valence-corrected chi connectivity index (χ3v) is 5.29. The smallest absolute Gasteiger partial charge is 0.409 e. The SMILES string of the molecule is CCOC(=O)N(C)CCC1CCC1.Cn1nccc1C1CCNCC1. The van der Waals surface area contributed by atoms with Crippen LogP contribution >= 0.6 is 0 Å². The Hall–Kier alpha value is -1.56. The lowest BCUT2D eigenvalue weighted by Crippen LogP contribution is -2.30. The molecular formula is C19H34N4O2. The maximum absolute atomic E-state index is 11.2. The summed E-state index contributed by atoms with van der Waals surface area (Å²) < 4.78 is 6.87. The first-order chi connectivity index (χ1) is 12.1. The van der Waals surface area contributed by atoms with Crippen LogP contribution in [0, 0.1) is 5.92 Å². The second-order valence-corrected chi connectivity index (χ2v) is 7.11. The van der Waals surface area contributed by atoms with Crippen molar-refractivity contribution in [3.8, 4) is 0 Å². The number of carbonyl (C=O) groups is 1. The molecule has 1 N–H and O–H groups in total. The third kappa shape index (κ3) is 6.34. The number of nitrogens with zero attached hydrogens (tertiary/aromatic N) is 3. The van der Waals surface area contributed by atoms with Crippen molar-refractivity contribution in [1.29, 1.82) is 0 Å². The van der Waals surface area contributed by atoms with Crippen LogP contribution in [0.4, 0.5) is 4.79 Å². The van der Waals surface area contributed by atoms with Gasteiger partial charge in [-0.25, -0.2) is 4.79 Å². The van der Waals surface area contributed by atoms with Gasteiger partial charge in [-0.3, -0.25) is 4.68 Å². The first-order valence-corrected chi connectivity index (χ1v) is 9.68. The van der Waals surface area contributed by atoms with E-state index in [1.807, 2.05) is 24.9 Å². The van der Waals surface area contributed by atoms with Crippen LogP contribution in [-0.4, -0.2) is 54.1 Å². The van der Waals surface area contributed by atoms with E-state index in [1.165, 1.54) is 37.8 Å². The molecule has 1 aromatic heterocycles. The summed E-state index contributed by atoms with van der Waals surface area (Å²) >= 11 is 0. The molecule has 0 bridgehead atoms. The molecular weight excluding hydrogens is 316 g/mol. The summed E-state index contributed by atoms with van der Waals surface area (Å²) in [4.78, 5) is 12.8. The molecule has 0 unspecified atom stereocenters. The van der Waals surface area contributed by atoms with Crippen LogP contribution in [0.15, 0.2) is 12.3 Å². The van der Waals surface area contributed by atoms with Crippen LogP contribution in [0.1, 0.15) is 57.1 Å². The van der Waals surface area contributed by atoms with Gasteiger partial charge in [0.1, 0.15) is 0 Å². The molecule has 142 valence electrons. The fraction of sp³-hybridized carbons (Fsp3) is 0.789. The molecule has 0 atom stereocenters. The Morgan fingerprint density at radius 2 is 2.08 bits per heavy atom. The second-order valence-electron chi connectivity index (χ2n) is 7.11. The van der Waals surface area contributed by atoms with Gasteiger partial charge >= 0.3 is 6.09 Å². The molecule has 25 heavy (non-hydrogen) atoms. The van der Waals surface area contributed by atoms with Crippen molar-refractivity contribution < 1.29 is 9.53 Å². The number of carbonyl (C=O) groups excluding carboxylic acids is 1. The van der Waals surface area contributed by atoms with Crippen molar-refractivity contribution in [2.45, 2.75) is 51.4 Å². The zero-order chi connectivity index (χ0) is 18.1. The number of amides is 1. The summed E-state index contributed by atoms with van der Waals surface area (Å²) in [5, 5.41) is 7.55. The van der Waals surface area contributed by atoms with E-state index in [1.54, 1.807) is 11.9 Å². The molecule has 3 rings (SSSR count). The highest BCUT2D eigenvalue weighted by Crippen LogP contribution is 2.29.